The van der Waals surface area contributed by atoms with E-state index in [1.54, 1.807) is 60.7 Å². The molecular weight excluding hydrogens is 825 g/mol. The lowest BCUT2D eigenvalue weighted by Gasteiger charge is -2.49. The number of hydrogen-bond donors (Lipinski definition) is 2. The SMILES string of the molecule is COc1cc(C2C3=CCn4c(=O)n(-c5ccccc5)c(=O)n4C3CC3C(=O)N(Nc4ccc(F)cc4)C(=O)C32c2ccc(Cl)cc2)c(Br)c(Br)c1O. The van der Waals surface area contributed by atoms with Crippen LogP contribution in [0.3, 0.4) is 0 Å². The molecule has 1 saturated heterocycles. The molecule has 3 aliphatic rings. The Labute approximate surface area is 316 Å². The number of phenolic OH excluding ortho intramolecular Hbond substituents is 1. The second kappa shape index (κ2) is 12.6. The first-order chi connectivity index (χ1) is 25.0. The largest absolute Gasteiger partial charge is 0.503 e. The Kier molecular flexibility index (Phi) is 8.31. The van der Waals surface area contributed by atoms with Gasteiger partial charge >= 0.3 is 11.4 Å². The first kappa shape index (κ1) is 34.2. The van der Waals surface area contributed by atoms with Crippen molar-refractivity contribution in [2.75, 3.05) is 12.5 Å². The number of allylic oxidation sites excluding steroid dienone is 2. The lowest BCUT2D eigenvalue weighted by Crippen LogP contribution is -2.53. The number of phenols is 1. The van der Waals surface area contributed by atoms with Crippen LogP contribution in [0.5, 0.6) is 11.5 Å². The number of carbonyl (C=O) groups is 2. The molecular formula is C37H27Br2ClFN5O6. The smallest absolute Gasteiger partial charge is 0.352 e. The number of fused-ring (bicyclic) bond motifs is 4. The van der Waals surface area contributed by atoms with E-state index >= 15 is 4.79 Å². The van der Waals surface area contributed by atoms with E-state index in [-0.39, 0.29) is 28.9 Å². The summed E-state index contributed by atoms with van der Waals surface area (Å²) in [4.78, 5) is 58.4. The number of hydrazine groups is 1. The summed E-state index contributed by atoms with van der Waals surface area (Å²) in [5, 5.41) is 12.3. The van der Waals surface area contributed by atoms with Crippen LogP contribution in [0.1, 0.15) is 29.5 Å². The Morgan fingerprint density at radius 3 is 2.31 bits per heavy atom. The van der Waals surface area contributed by atoms with E-state index in [0.717, 1.165) is 9.58 Å². The van der Waals surface area contributed by atoms with Gasteiger partial charge in [0, 0.05) is 15.4 Å². The first-order valence-corrected chi connectivity index (χ1v) is 18.1. The van der Waals surface area contributed by atoms with Gasteiger partial charge < -0.3 is 9.84 Å². The molecule has 0 spiro atoms. The number of halogens is 4. The monoisotopic (exact) mass is 849 g/mol. The number of aromatic nitrogens is 3. The minimum Gasteiger partial charge on any atom is -0.503 e. The van der Waals surface area contributed by atoms with E-state index in [1.165, 1.54) is 40.7 Å². The number of anilines is 1. The van der Waals surface area contributed by atoms with Crippen molar-refractivity contribution in [1.82, 2.24) is 18.9 Å². The number of carbonyl (C=O) groups excluding carboxylic acids is 2. The van der Waals surface area contributed by atoms with Crippen LogP contribution in [0, 0.1) is 11.7 Å². The molecule has 0 bridgehead atoms. The number of rotatable bonds is 6. The van der Waals surface area contributed by atoms with Crippen molar-refractivity contribution in [3.63, 3.8) is 0 Å². The number of nitrogens with one attached hydrogen (secondary N) is 1. The molecule has 1 aromatic heterocycles. The van der Waals surface area contributed by atoms with Crippen molar-refractivity contribution in [2.24, 2.45) is 5.92 Å². The number of ether oxygens (including phenoxy) is 1. The van der Waals surface area contributed by atoms with Gasteiger partial charge in [0.2, 0.25) is 0 Å². The molecule has 1 saturated carbocycles. The molecule has 2 aliphatic heterocycles. The zero-order valence-electron chi connectivity index (χ0n) is 27.1. The van der Waals surface area contributed by atoms with Crippen LogP contribution >= 0.6 is 43.5 Å². The molecule has 3 heterocycles. The van der Waals surface area contributed by atoms with Gasteiger partial charge in [0.15, 0.2) is 11.5 Å². The molecule has 264 valence electrons. The number of benzene rings is 4. The van der Waals surface area contributed by atoms with Crippen LogP contribution in [-0.2, 0) is 21.5 Å². The molecule has 2 fully saturated rings. The topological polar surface area (TPSA) is 128 Å². The first-order valence-electron chi connectivity index (χ1n) is 16.1. The van der Waals surface area contributed by atoms with Gasteiger partial charge in [-0.3, -0.25) is 15.0 Å². The van der Waals surface area contributed by atoms with E-state index in [1.807, 2.05) is 6.08 Å². The van der Waals surface area contributed by atoms with Crippen molar-refractivity contribution in [3.8, 4) is 17.2 Å². The molecule has 2 N–H and O–H groups in total. The third kappa shape index (κ3) is 4.87. The molecule has 4 unspecified atom stereocenters. The van der Waals surface area contributed by atoms with E-state index in [0.29, 0.717) is 37.6 Å². The van der Waals surface area contributed by atoms with Crippen molar-refractivity contribution < 1.29 is 23.8 Å². The van der Waals surface area contributed by atoms with E-state index in [2.05, 4.69) is 37.3 Å². The fourth-order valence-corrected chi connectivity index (χ4v) is 9.12. The quantitative estimate of drug-likeness (QED) is 0.149. The van der Waals surface area contributed by atoms with Gasteiger partial charge in [0.1, 0.15) is 5.82 Å². The molecule has 2 amide bonds. The van der Waals surface area contributed by atoms with Crippen molar-refractivity contribution in [3.05, 3.63) is 148 Å². The van der Waals surface area contributed by atoms with E-state index < -0.39 is 52.3 Å². The number of methoxy groups -OCH3 is 1. The predicted molar refractivity (Wildman–Crippen MR) is 197 cm³/mol. The second-order valence-electron chi connectivity index (χ2n) is 12.7. The maximum Gasteiger partial charge on any atom is 0.352 e. The van der Waals surface area contributed by atoms with Crippen LogP contribution in [0.2, 0.25) is 5.02 Å². The number of hydrogen-bond acceptors (Lipinski definition) is 7. The van der Waals surface area contributed by atoms with Crippen LogP contribution in [0.4, 0.5) is 10.1 Å². The Morgan fingerprint density at radius 2 is 1.63 bits per heavy atom. The summed E-state index contributed by atoms with van der Waals surface area (Å²) < 4.78 is 23.9. The minimum absolute atomic E-state index is 0.00864. The number of imide groups is 1. The number of amides is 2. The van der Waals surface area contributed by atoms with Gasteiger partial charge in [-0.2, -0.15) is 5.01 Å². The van der Waals surface area contributed by atoms with Gasteiger partial charge in [-0.1, -0.05) is 48.0 Å². The van der Waals surface area contributed by atoms with Crippen LogP contribution in [0.15, 0.2) is 115 Å². The Balaban J connectivity index is 1.42. The predicted octanol–water partition coefficient (Wildman–Crippen LogP) is 6.45. The summed E-state index contributed by atoms with van der Waals surface area (Å²) in [7, 11) is 1.39. The van der Waals surface area contributed by atoms with Gasteiger partial charge in [-0.15, -0.1) is 0 Å². The Morgan fingerprint density at radius 1 is 0.942 bits per heavy atom. The third-order valence-electron chi connectivity index (χ3n) is 10.2. The van der Waals surface area contributed by atoms with Crippen molar-refractivity contribution in [2.45, 2.75) is 30.3 Å². The Hall–Kier alpha value is -4.92. The molecule has 1 aliphatic carbocycles. The average Bonchev–Trinajstić information content (AvgIpc) is 3.53. The highest BCUT2D eigenvalue weighted by molar-refractivity contribution is 9.13. The highest BCUT2D eigenvalue weighted by atomic mass is 79.9. The summed E-state index contributed by atoms with van der Waals surface area (Å²) in [5.74, 6) is -3.89. The molecule has 11 nitrogen and oxygen atoms in total. The molecule has 4 aromatic carbocycles. The summed E-state index contributed by atoms with van der Waals surface area (Å²) in [6.45, 7) is -0.00864. The molecule has 5 aromatic rings. The maximum absolute atomic E-state index is 15.3. The Bertz CT molecular complexity index is 2450. The number of nitrogens with zero attached hydrogens (tertiary/aromatic N) is 4. The second-order valence-corrected chi connectivity index (χ2v) is 14.7. The normalized spacial score (nSPS) is 22.1. The fraction of sp³-hybridized carbons (Fsp3) is 0.189. The van der Waals surface area contributed by atoms with Crippen LogP contribution in [0.25, 0.3) is 5.69 Å². The zero-order chi connectivity index (χ0) is 36.6. The maximum atomic E-state index is 15.3. The minimum atomic E-state index is -1.66. The van der Waals surface area contributed by atoms with Gasteiger partial charge in [-0.25, -0.2) is 27.9 Å². The highest BCUT2D eigenvalue weighted by Gasteiger charge is 2.69. The average molecular weight is 852 g/mol. The van der Waals surface area contributed by atoms with Gasteiger partial charge in [0.05, 0.1) is 46.9 Å². The summed E-state index contributed by atoms with van der Waals surface area (Å²) >= 11 is 13.5. The van der Waals surface area contributed by atoms with Crippen LogP contribution in [-0.4, -0.2) is 43.0 Å². The van der Waals surface area contributed by atoms with E-state index in [9.17, 15) is 23.9 Å². The van der Waals surface area contributed by atoms with Gasteiger partial charge in [0.25, 0.3) is 11.8 Å². The lowest BCUT2D eigenvalue weighted by atomic mass is 9.53. The zero-order valence-corrected chi connectivity index (χ0v) is 31.0. The van der Waals surface area contributed by atoms with E-state index in [4.69, 9.17) is 16.3 Å². The lowest BCUT2D eigenvalue weighted by molar-refractivity contribution is -0.138. The molecule has 52 heavy (non-hydrogen) atoms. The highest BCUT2D eigenvalue weighted by Crippen LogP contribution is 2.63. The molecule has 15 heteroatoms. The number of aromatic hydroxyl groups is 1. The summed E-state index contributed by atoms with van der Waals surface area (Å²) in [6.07, 6.45) is 1.79. The molecule has 4 atom stereocenters. The summed E-state index contributed by atoms with van der Waals surface area (Å²) in [5.41, 5.74) is 2.31. The molecule has 0 radical (unpaired) electrons. The standard InChI is InChI=1S/C37H27Br2ClFN5O6/c1-52-28-17-25(30(38)31(39)32(28)47)29-24-15-16-43-35(50)44(23-5-3-2-4-6-23)36(51)46(43)27(24)18-26-33(48)45(42-22-13-11-21(41)12-14-22)34(49)37(26,29)19-7-9-20(40)10-8-19/h2-15,17,26-27,29,42,47H,16,18H2,1H3. The molecule has 8 rings (SSSR count). The summed E-state index contributed by atoms with van der Waals surface area (Å²) in [6, 6.07) is 21.2. The fourth-order valence-electron chi connectivity index (χ4n) is 8.04. The van der Waals surface area contributed by atoms with Crippen molar-refractivity contribution >= 4 is 61.0 Å². The van der Waals surface area contributed by atoms with Crippen molar-refractivity contribution in [1.29, 1.82) is 0 Å². The van der Waals surface area contributed by atoms with Crippen LogP contribution < -0.4 is 21.5 Å². The van der Waals surface area contributed by atoms with Gasteiger partial charge in [-0.05, 0) is 110 Å². The number of para-hydroxylation sites is 1. The third-order valence-corrected chi connectivity index (χ3v) is 12.6.